The Labute approximate surface area is 195 Å². The van der Waals surface area contributed by atoms with Crippen molar-refractivity contribution in [3.05, 3.63) is 57.6 Å². The molecule has 1 aliphatic rings. The monoisotopic (exact) mass is 498 g/mol. The minimum absolute atomic E-state index is 0.107. The van der Waals surface area contributed by atoms with E-state index in [1.54, 1.807) is 12.1 Å². The molecule has 0 aliphatic heterocycles. The van der Waals surface area contributed by atoms with Crippen molar-refractivity contribution in [1.82, 2.24) is 4.72 Å². The maximum atomic E-state index is 12.6. The van der Waals surface area contributed by atoms with Crippen LogP contribution < -0.4 is 10.0 Å². The fourth-order valence-electron chi connectivity index (χ4n) is 2.81. The minimum Gasteiger partial charge on any atom is -0.451 e. The molecule has 0 saturated heterocycles. The van der Waals surface area contributed by atoms with Gasteiger partial charge in [0.1, 0.15) is 4.90 Å². The number of esters is 1. The van der Waals surface area contributed by atoms with Gasteiger partial charge in [-0.1, -0.05) is 23.2 Å². The fraction of sp³-hybridized carbons (Fsp3) is 0.286. The van der Waals surface area contributed by atoms with Crippen molar-refractivity contribution in [3.8, 4) is 0 Å². The van der Waals surface area contributed by atoms with Crippen LogP contribution in [0.4, 0.5) is 5.69 Å². The summed E-state index contributed by atoms with van der Waals surface area (Å²) in [6.07, 6.45) is 0.278. The van der Waals surface area contributed by atoms with E-state index in [2.05, 4.69) is 10.0 Å². The first kappa shape index (κ1) is 24.2. The lowest BCUT2D eigenvalue weighted by atomic mass is 10.1. The lowest BCUT2D eigenvalue weighted by Gasteiger charge is -2.15. The molecule has 0 bridgehead atoms. The van der Waals surface area contributed by atoms with Gasteiger partial charge in [0, 0.05) is 24.2 Å². The third-order valence-corrected chi connectivity index (χ3v) is 6.87. The molecule has 0 aromatic heterocycles. The van der Waals surface area contributed by atoms with Crippen LogP contribution in [0.15, 0.2) is 41.3 Å². The summed E-state index contributed by atoms with van der Waals surface area (Å²) in [5, 5.41) is 2.34. The summed E-state index contributed by atoms with van der Waals surface area (Å²) in [4.78, 5) is 36.1. The largest absolute Gasteiger partial charge is 0.451 e. The Bertz CT molecular complexity index is 1180. The summed E-state index contributed by atoms with van der Waals surface area (Å²) in [5.74, 6) is -1.70. The molecule has 3 rings (SSSR count). The quantitative estimate of drug-likeness (QED) is 0.421. The molecule has 2 aromatic carbocycles. The van der Waals surface area contributed by atoms with Gasteiger partial charge in [0.05, 0.1) is 15.6 Å². The van der Waals surface area contributed by atoms with Gasteiger partial charge in [-0.2, -0.15) is 0 Å². The summed E-state index contributed by atoms with van der Waals surface area (Å²) in [7, 11) is -3.95. The average Bonchev–Trinajstić information content (AvgIpc) is 3.50. The molecule has 1 atom stereocenters. The molecule has 0 heterocycles. The van der Waals surface area contributed by atoms with Gasteiger partial charge in [0.2, 0.25) is 21.7 Å². The van der Waals surface area contributed by atoms with E-state index in [0.717, 1.165) is 25.0 Å². The van der Waals surface area contributed by atoms with Gasteiger partial charge in [0.15, 0.2) is 6.10 Å². The zero-order valence-corrected chi connectivity index (χ0v) is 19.5. The van der Waals surface area contributed by atoms with Gasteiger partial charge in [-0.15, -0.1) is 0 Å². The second-order valence-electron chi connectivity index (χ2n) is 7.33. The summed E-state index contributed by atoms with van der Waals surface area (Å²) in [6.45, 7) is 2.75. The fourth-order valence-corrected chi connectivity index (χ4v) is 4.96. The number of sulfonamides is 1. The molecule has 1 saturated carbocycles. The number of anilines is 1. The highest BCUT2D eigenvalue weighted by atomic mass is 35.5. The van der Waals surface area contributed by atoms with Crippen LogP contribution in [0.5, 0.6) is 0 Å². The predicted octanol–water partition coefficient (Wildman–Crippen LogP) is 3.82. The predicted molar refractivity (Wildman–Crippen MR) is 120 cm³/mol. The molecule has 2 aromatic rings. The van der Waals surface area contributed by atoms with E-state index in [1.807, 2.05) is 0 Å². The molecule has 11 heteroatoms. The summed E-state index contributed by atoms with van der Waals surface area (Å²) in [6, 6.07) is 8.10. The standard InChI is InChI=1S/C21H20Cl2N2O6S/c1-11(20(27)13-3-5-14(6-4-13)24-12(2)26)31-21(28)16-9-19(18(23)10-17(16)22)32(29,30)25-15-7-8-15/h3-6,9-11,15,25H,7-8H2,1-2H3,(H,24,26). The van der Waals surface area contributed by atoms with Crippen LogP contribution in [0.1, 0.15) is 47.4 Å². The number of ketones is 1. The number of halogens is 2. The number of benzene rings is 2. The maximum absolute atomic E-state index is 12.6. The van der Waals surface area contributed by atoms with Crippen molar-refractivity contribution in [2.24, 2.45) is 0 Å². The molecule has 1 amide bonds. The number of carbonyl (C=O) groups excluding carboxylic acids is 3. The Morgan fingerprint density at radius 1 is 1.06 bits per heavy atom. The molecule has 32 heavy (non-hydrogen) atoms. The topological polar surface area (TPSA) is 119 Å². The summed E-state index contributed by atoms with van der Waals surface area (Å²) >= 11 is 12.1. The normalized spacial score (nSPS) is 14.5. The van der Waals surface area contributed by atoms with E-state index in [1.165, 1.54) is 26.0 Å². The van der Waals surface area contributed by atoms with Gasteiger partial charge in [0.25, 0.3) is 0 Å². The van der Waals surface area contributed by atoms with Crippen molar-refractivity contribution >= 4 is 56.6 Å². The molecule has 1 fully saturated rings. The van der Waals surface area contributed by atoms with Crippen molar-refractivity contribution in [2.75, 3.05) is 5.32 Å². The highest BCUT2D eigenvalue weighted by Gasteiger charge is 2.31. The number of carbonyl (C=O) groups is 3. The van der Waals surface area contributed by atoms with Crippen LogP contribution in [-0.2, 0) is 19.6 Å². The van der Waals surface area contributed by atoms with E-state index >= 15 is 0 Å². The number of ether oxygens (including phenoxy) is 1. The van der Waals surface area contributed by atoms with Crippen molar-refractivity contribution in [3.63, 3.8) is 0 Å². The molecule has 2 N–H and O–H groups in total. The lowest BCUT2D eigenvalue weighted by molar-refractivity contribution is -0.114. The van der Waals surface area contributed by atoms with Crippen LogP contribution >= 0.6 is 23.2 Å². The van der Waals surface area contributed by atoms with E-state index in [4.69, 9.17) is 27.9 Å². The first-order chi connectivity index (χ1) is 15.0. The van der Waals surface area contributed by atoms with Crippen molar-refractivity contribution < 1.29 is 27.5 Å². The molecule has 1 aliphatic carbocycles. The minimum atomic E-state index is -3.95. The van der Waals surface area contributed by atoms with Gasteiger partial charge in [-0.3, -0.25) is 9.59 Å². The zero-order valence-electron chi connectivity index (χ0n) is 17.1. The Morgan fingerprint density at radius 2 is 1.69 bits per heavy atom. The SMILES string of the molecule is CC(=O)Nc1ccc(C(=O)C(C)OC(=O)c2cc(S(=O)(=O)NC3CC3)c(Cl)cc2Cl)cc1. The maximum Gasteiger partial charge on any atom is 0.340 e. The van der Waals surface area contributed by atoms with E-state index in [0.29, 0.717) is 5.69 Å². The second-order valence-corrected chi connectivity index (χ2v) is 9.83. The number of rotatable bonds is 8. The van der Waals surface area contributed by atoms with Crippen LogP contribution in [0.2, 0.25) is 10.0 Å². The van der Waals surface area contributed by atoms with Crippen LogP contribution in [0, 0.1) is 0 Å². The molecule has 8 nitrogen and oxygen atoms in total. The second kappa shape index (κ2) is 9.58. The number of hydrogen-bond acceptors (Lipinski definition) is 6. The molecule has 170 valence electrons. The van der Waals surface area contributed by atoms with Crippen LogP contribution in [-0.4, -0.2) is 38.2 Å². The zero-order chi connectivity index (χ0) is 23.6. The first-order valence-electron chi connectivity index (χ1n) is 9.62. The Hall–Kier alpha value is -2.46. The van der Waals surface area contributed by atoms with Crippen molar-refractivity contribution in [2.45, 2.75) is 43.7 Å². The number of Topliss-reactive ketones (excluding diaryl/α,β-unsaturated/α-hetero) is 1. The van der Waals surface area contributed by atoms with Crippen LogP contribution in [0.3, 0.4) is 0 Å². The Balaban J connectivity index is 1.76. The molecule has 1 unspecified atom stereocenters. The first-order valence-corrected chi connectivity index (χ1v) is 11.9. The van der Waals surface area contributed by atoms with Gasteiger partial charge >= 0.3 is 5.97 Å². The van der Waals surface area contributed by atoms with Gasteiger partial charge in [-0.25, -0.2) is 17.9 Å². The smallest absolute Gasteiger partial charge is 0.340 e. The molecular formula is C21H20Cl2N2O6S. The number of nitrogens with one attached hydrogen (secondary N) is 2. The molecule has 0 spiro atoms. The third-order valence-electron chi connectivity index (χ3n) is 4.57. The lowest BCUT2D eigenvalue weighted by Crippen LogP contribution is -2.27. The number of amides is 1. The third kappa shape index (κ3) is 5.86. The highest BCUT2D eigenvalue weighted by Crippen LogP contribution is 2.31. The van der Waals surface area contributed by atoms with Crippen molar-refractivity contribution in [1.29, 1.82) is 0 Å². The van der Waals surface area contributed by atoms with Crippen LogP contribution in [0.25, 0.3) is 0 Å². The van der Waals surface area contributed by atoms with E-state index in [-0.39, 0.29) is 38.0 Å². The molecule has 0 radical (unpaired) electrons. The Morgan fingerprint density at radius 3 is 2.25 bits per heavy atom. The number of hydrogen-bond donors (Lipinski definition) is 2. The summed E-state index contributed by atoms with van der Waals surface area (Å²) < 4.78 is 32.8. The van der Waals surface area contributed by atoms with E-state index < -0.39 is 27.9 Å². The van der Waals surface area contributed by atoms with Gasteiger partial charge < -0.3 is 10.1 Å². The molecular weight excluding hydrogens is 479 g/mol. The summed E-state index contributed by atoms with van der Waals surface area (Å²) in [5.41, 5.74) is 0.548. The van der Waals surface area contributed by atoms with E-state index in [9.17, 15) is 22.8 Å². The highest BCUT2D eigenvalue weighted by molar-refractivity contribution is 7.89. The Kier molecular flexibility index (Phi) is 7.24. The van der Waals surface area contributed by atoms with Gasteiger partial charge in [-0.05, 0) is 56.2 Å². The average molecular weight is 499 g/mol.